The number of ether oxygens (including phenoxy) is 1. The Morgan fingerprint density at radius 3 is 2.68 bits per heavy atom. The summed E-state index contributed by atoms with van der Waals surface area (Å²) in [7, 11) is -1.61. The highest BCUT2D eigenvalue weighted by Gasteiger charge is 2.17. The third-order valence-electron chi connectivity index (χ3n) is 2.71. The van der Waals surface area contributed by atoms with Crippen LogP contribution >= 0.6 is 0 Å². The summed E-state index contributed by atoms with van der Waals surface area (Å²) >= 11 is 0. The van der Waals surface area contributed by atoms with E-state index in [1.54, 1.807) is 12.3 Å². The van der Waals surface area contributed by atoms with E-state index in [2.05, 4.69) is 10.0 Å². The molecule has 0 spiro atoms. The first kappa shape index (κ1) is 16.2. The molecular formula is C12H23N3O3S. The lowest BCUT2D eigenvalue weighted by Gasteiger charge is -2.04. The second kappa shape index (κ2) is 7.64. The zero-order chi connectivity index (χ0) is 14.3. The van der Waals surface area contributed by atoms with Gasteiger partial charge in [-0.2, -0.15) is 0 Å². The molecule has 110 valence electrons. The zero-order valence-electron chi connectivity index (χ0n) is 11.8. The Morgan fingerprint density at radius 1 is 1.37 bits per heavy atom. The van der Waals surface area contributed by atoms with Crippen molar-refractivity contribution in [2.45, 2.75) is 31.8 Å². The van der Waals surface area contributed by atoms with Crippen LogP contribution in [0.3, 0.4) is 0 Å². The van der Waals surface area contributed by atoms with Gasteiger partial charge in [-0.25, -0.2) is 13.1 Å². The lowest BCUT2D eigenvalue weighted by atomic mass is 10.4. The molecule has 0 aliphatic heterocycles. The Hall–Kier alpha value is -0.890. The van der Waals surface area contributed by atoms with E-state index in [4.69, 9.17) is 4.74 Å². The highest BCUT2D eigenvalue weighted by Crippen LogP contribution is 2.14. The molecule has 6 nitrogen and oxygen atoms in total. The van der Waals surface area contributed by atoms with Crippen LogP contribution in [-0.4, -0.2) is 39.8 Å². The second-order valence-corrected chi connectivity index (χ2v) is 5.85. The predicted molar refractivity (Wildman–Crippen MR) is 74.6 cm³/mol. The SMILES string of the molecule is CCOCCNS(=O)(=O)c1cc(CNC)n(CC)c1. The molecule has 0 saturated carbocycles. The molecule has 0 bridgehead atoms. The molecular weight excluding hydrogens is 266 g/mol. The molecule has 0 saturated heterocycles. The van der Waals surface area contributed by atoms with Gasteiger partial charge in [0, 0.05) is 38.1 Å². The van der Waals surface area contributed by atoms with Gasteiger partial charge in [0.05, 0.1) is 11.5 Å². The van der Waals surface area contributed by atoms with Crippen molar-refractivity contribution >= 4 is 10.0 Å². The number of aryl methyl sites for hydroxylation is 1. The fourth-order valence-electron chi connectivity index (χ4n) is 1.77. The van der Waals surface area contributed by atoms with E-state index in [0.29, 0.717) is 24.7 Å². The van der Waals surface area contributed by atoms with Crippen LogP contribution in [-0.2, 0) is 27.8 Å². The van der Waals surface area contributed by atoms with Gasteiger partial charge in [-0.05, 0) is 27.0 Å². The molecule has 0 aliphatic rings. The quantitative estimate of drug-likeness (QED) is 0.651. The average molecular weight is 289 g/mol. The molecule has 0 fully saturated rings. The lowest BCUT2D eigenvalue weighted by molar-refractivity contribution is 0.153. The third-order valence-corrected chi connectivity index (χ3v) is 4.14. The van der Waals surface area contributed by atoms with Crippen LogP contribution < -0.4 is 10.0 Å². The first-order valence-electron chi connectivity index (χ1n) is 6.46. The smallest absolute Gasteiger partial charge is 0.242 e. The molecule has 1 rings (SSSR count). The molecule has 1 aromatic rings. The maximum Gasteiger partial charge on any atom is 0.242 e. The van der Waals surface area contributed by atoms with Crippen LogP contribution in [0.2, 0.25) is 0 Å². The number of rotatable bonds is 9. The molecule has 0 aromatic carbocycles. The molecule has 0 atom stereocenters. The summed E-state index contributed by atoms with van der Waals surface area (Å²) in [5, 5.41) is 3.03. The Labute approximate surface area is 115 Å². The Balaban J connectivity index is 2.77. The van der Waals surface area contributed by atoms with Gasteiger partial charge in [0.2, 0.25) is 10.0 Å². The monoisotopic (exact) mass is 289 g/mol. The minimum Gasteiger partial charge on any atom is -0.380 e. The van der Waals surface area contributed by atoms with Gasteiger partial charge in [-0.15, -0.1) is 0 Å². The van der Waals surface area contributed by atoms with Crippen LogP contribution in [0.5, 0.6) is 0 Å². The third kappa shape index (κ3) is 4.61. The maximum atomic E-state index is 12.1. The van der Waals surface area contributed by atoms with Gasteiger partial charge < -0.3 is 14.6 Å². The molecule has 0 unspecified atom stereocenters. The fraction of sp³-hybridized carbons (Fsp3) is 0.667. The molecule has 7 heteroatoms. The fourth-order valence-corrected chi connectivity index (χ4v) is 2.85. The van der Waals surface area contributed by atoms with Crippen molar-refractivity contribution in [1.29, 1.82) is 0 Å². The topological polar surface area (TPSA) is 72.4 Å². The summed E-state index contributed by atoms with van der Waals surface area (Å²) in [6, 6.07) is 1.70. The van der Waals surface area contributed by atoms with Gasteiger partial charge in [0.15, 0.2) is 0 Å². The summed E-state index contributed by atoms with van der Waals surface area (Å²) in [4.78, 5) is 0.302. The van der Waals surface area contributed by atoms with E-state index in [1.807, 2.05) is 25.5 Å². The van der Waals surface area contributed by atoms with E-state index in [9.17, 15) is 8.42 Å². The van der Waals surface area contributed by atoms with Gasteiger partial charge in [0.25, 0.3) is 0 Å². The van der Waals surface area contributed by atoms with Crippen molar-refractivity contribution in [1.82, 2.24) is 14.6 Å². The first-order chi connectivity index (χ1) is 9.05. The summed E-state index contributed by atoms with van der Waals surface area (Å²) in [5.74, 6) is 0. The molecule has 1 heterocycles. The van der Waals surface area contributed by atoms with Gasteiger partial charge in [-0.1, -0.05) is 0 Å². The summed E-state index contributed by atoms with van der Waals surface area (Å²) in [6.07, 6.45) is 1.66. The van der Waals surface area contributed by atoms with E-state index >= 15 is 0 Å². The van der Waals surface area contributed by atoms with Gasteiger partial charge in [-0.3, -0.25) is 0 Å². The van der Waals surface area contributed by atoms with Gasteiger partial charge in [0.1, 0.15) is 0 Å². The van der Waals surface area contributed by atoms with Crippen LogP contribution in [0.4, 0.5) is 0 Å². The first-order valence-corrected chi connectivity index (χ1v) is 7.94. The Bertz CT molecular complexity index is 482. The van der Waals surface area contributed by atoms with Gasteiger partial charge >= 0.3 is 0 Å². The number of nitrogens with zero attached hydrogens (tertiary/aromatic N) is 1. The minimum absolute atomic E-state index is 0.287. The minimum atomic E-state index is -3.45. The molecule has 19 heavy (non-hydrogen) atoms. The van der Waals surface area contributed by atoms with Crippen LogP contribution in [0.25, 0.3) is 0 Å². The summed E-state index contributed by atoms with van der Waals surface area (Å²) in [6.45, 7) is 6.49. The Morgan fingerprint density at radius 2 is 2.11 bits per heavy atom. The number of aromatic nitrogens is 1. The highest BCUT2D eigenvalue weighted by atomic mass is 32.2. The van der Waals surface area contributed by atoms with Crippen LogP contribution in [0.1, 0.15) is 19.5 Å². The normalized spacial score (nSPS) is 11.9. The number of nitrogens with one attached hydrogen (secondary N) is 2. The lowest BCUT2D eigenvalue weighted by Crippen LogP contribution is -2.27. The molecule has 0 radical (unpaired) electrons. The van der Waals surface area contributed by atoms with Crippen LogP contribution in [0.15, 0.2) is 17.2 Å². The molecule has 0 aliphatic carbocycles. The number of hydrogen-bond acceptors (Lipinski definition) is 4. The molecule has 1 aromatic heterocycles. The standard InChI is InChI=1S/C12H23N3O3S/c1-4-15-10-12(8-11(15)9-13-3)19(16,17)14-6-7-18-5-2/h8,10,13-14H,4-7,9H2,1-3H3. The van der Waals surface area contributed by atoms with Crippen molar-refractivity contribution < 1.29 is 13.2 Å². The van der Waals surface area contributed by atoms with Crippen molar-refractivity contribution in [3.63, 3.8) is 0 Å². The summed E-state index contributed by atoms with van der Waals surface area (Å²) in [5.41, 5.74) is 0.954. The van der Waals surface area contributed by atoms with E-state index < -0.39 is 10.0 Å². The largest absolute Gasteiger partial charge is 0.380 e. The average Bonchev–Trinajstić information content (AvgIpc) is 2.79. The van der Waals surface area contributed by atoms with Crippen molar-refractivity contribution in [2.24, 2.45) is 0 Å². The van der Waals surface area contributed by atoms with Crippen LogP contribution in [0, 0.1) is 0 Å². The highest BCUT2D eigenvalue weighted by molar-refractivity contribution is 7.89. The van der Waals surface area contributed by atoms with Crippen molar-refractivity contribution in [3.05, 3.63) is 18.0 Å². The van der Waals surface area contributed by atoms with Crippen molar-refractivity contribution in [2.75, 3.05) is 26.8 Å². The van der Waals surface area contributed by atoms with E-state index in [0.717, 1.165) is 12.2 Å². The maximum absolute atomic E-state index is 12.1. The second-order valence-electron chi connectivity index (χ2n) is 4.08. The van der Waals surface area contributed by atoms with Crippen molar-refractivity contribution in [3.8, 4) is 0 Å². The van der Waals surface area contributed by atoms with E-state index in [-0.39, 0.29) is 6.54 Å². The summed E-state index contributed by atoms with van der Waals surface area (Å²) < 4.78 is 33.7. The number of sulfonamides is 1. The van der Waals surface area contributed by atoms with E-state index in [1.165, 1.54) is 0 Å². The zero-order valence-corrected chi connectivity index (χ0v) is 12.6. The number of hydrogen-bond donors (Lipinski definition) is 2. The predicted octanol–water partition coefficient (Wildman–Crippen LogP) is 0.542. The molecule has 2 N–H and O–H groups in total. The Kier molecular flexibility index (Phi) is 6.50. The molecule has 0 amide bonds.